The van der Waals surface area contributed by atoms with E-state index in [4.69, 9.17) is 12.2 Å². The van der Waals surface area contributed by atoms with E-state index >= 15 is 0 Å². The molecule has 0 spiro atoms. The number of carbonyl (C=O) groups is 1. The Morgan fingerprint density at radius 3 is 2.86 bits per heavy atom. The highest BCUT2D eigenvalue weighted by atomic mass is 32.1. The Morgan fingerprint density at radius 1 is 1.28 bits per heavy atom. The van der Waals surface area contributed by atoms with Crippen LogP contribution in [0.5, 0.6) is 0 Å². The first-order chi connectivity index (χ1) is 14.0. The predicted molar refractivity (Wildman–Crippen MR) is 115 cm³/mol. The number of benzene rings is 2. The molecule has 1 unspecified atom stereocenters. The van der Waals surface area contributed by atoms with Crippen molar-refractivity contribution in [2.45, 2.75) is 32.9 Å². The Labute approximate surface area is 174 Å². The van der Waals surface area contributed by atoms with Crippen LogP contribution in [0.4, 0.5) is 4.39 Å². The molecule has 2 heterocycles. The molecule has 3 aromatic rings. The minimum Gasteiger partial charge on any atom is -0.348 e. The summed E-state index contributed by atoms with van der Waals surface area (Å²) in [7, 11) is 0. The second-order valence-corrected chi connectivity index (χ2v) is 8.30. The number of likely N-dealkylation sites (tertiary alicyclic amines) is 1. The van der Waals surface area contributed by atoms with Crippen LogP contribution in [-0.2, 0) is 13.1 Å². The van der Waals surface area contributed by atoms with E-state index in [9.17, 15) is 9.18 Å². The highest BCUT2D eigenvalue weighted by Gasteiger charge is 2.18. The monoisotopic (exact) mass is 412 g/mol. The average Bonchev–Trinajstić information content (AvgIpc) is 3.06. The van der Waals surface area contributed by atoms with Crippen molar-refractivity contribution in [3.63, 3.8) is 0 Å². The number of piperidine rings is 1. The van der Waals surface area contributed by atoms with Gasteiger partial charge in [-0.05, 0) is 60.8 Å². The number of rotatable bonds is 5. The first-order valence-corrected chi connectivity index (χ1v) is 10.4. The van der Waals surface area contributed by atoms with Crippen LogP contribution >= 0.6 is 12.2 Å². The van der Waals surface area contributed by atoms with Gasteiger partial charge in [-0.1, -0.05) is 31.2 Å². The Balaban J connectivity index is 1.50. The minimum absolute atomic E-state index is 0.245. The van der Waals surface area contributed by atoms with E-state index in [0.29, 0.717) is 22.3 Å². The summed E-state index contributed by atoms with van der Waals surface area (Å²) in [4.78, 5) is 21.0. The third-order valence-corrected chi connectivity index (χ3v) is 5.73. The van der Waals surface area contributed by atoms with Gasteiger partial charge in [-0.25, -0.2) is 4.39 Å². The van der Waals surface area contributed by atoms with Crippen molar-refractivity contribution in [1.29, 1.82) is 0 Å². The fourth-order valence-corrected chi connectivity index (χ4v) is 4.32. The summed E-state index contributed by atoms with van der Waals surface area (Å²) in [5.41, 5.74) is 3.54. The number of fused-ring (bicyclic) bond motifs is 1. The Bertz CT molecular complexity index is 1090. The standard InChI is InChI=1S/C22H25FN4OS/c1-14-5-4-8-27(12-14)13-16-7-3-2-6-15(16)11-24-21(28)18-9-17(23)10-19-20(18)26-22(29)25-19/h2-3,6-7,9-10,14H,4-5,8,11-13H2,1H3,(H,24,28)(H2,25,26,29). The molecule has 29 heavy (non-hydrogen) atoms. The number of aromatic nitrogens is 2. The van der Waals surface area contributed by atoms with Gasteiger partial charge in [0.2, 0.25) is 0 Å². The molecule has 0 saturated carbocycles. The SMILES string of the molecule is CC1CCCN(Cc2ccccc2CNC(=O)c2cc(F)cc3[nH]c(=S)[nH]c23)C1. The van der Waals surface area contributed by atoms with Crippen molar-refractivity contribution in [3.05, 3.63) is 63.7 Å². The molecule has 1 amide bonds. The summed E-state index contributed by atoms with van der Waals surface area (Å²) >= 11 is 5.08. The van der Waals surface area contributed by atoms with E-state index in [2.05, 4.69) is 33.2 Å². The number of nitrogens with zero attached hydrogens (tertiary/aromatic N) is 1. The van der Waals surface area contributed by atoms with Gasteiger partial charge in [0.25, 0.3) is 5.91 Å². The number of amides is 1. The average molecular weight is 413 g/mol. The molecular weight excluding hydrogens is 387 g/mol. The van der Waals surface area contributed by atoms with Gasteiger partial charge >= 0.3 is 0 Å². The van der Waals surface area contributed by atoms with E-state index in [-0.39, 0.29) is 11.5 Å². The summed E-state index contributed by atoms with van der Waals surface area (Å²) in [6.07, 6.45) is 2.52. The van der Waals surface area contributed by atoms with Crippen molar-refractivity contribution in [2.24, 2.45) is 5.92 Å². The van der Waals surface area contributed by atoms with Crippen LogP contribution < -0.4 is 5.32 Å². The maximum atomic E-state index is 13.9. The Morgan fingerprint density at radius 2 is 2.07 bits per heavy atom. The van der Waals surface area contributed by atoms with Gasteiger partial charge in [0.1, 0.15) is 5.82 Å². The molecule has 1 saturated heterocycles. The summed E-state index contributed by atoms with van der Waals surface area (Å²) in [5.74, 6) is -0.0912. The summed E-state index contributed by atoms with van der Waals surface area (Å²) in [6, 6.07) is 10.7. The van der Waals surface area contributed by atoms with Gasteiger partial charge in [-0.2, -0.15) is 0 Å². The van der Waals surface area contributed by atoms with Crippen molar-refractivity contribution in [1.82, 2.24) is 20.2 Å². The van der Waals surface area contributed by atoms with E-state index in [1.54, 1.807) is 0 Å². The minimum atomic E-state index is -0.479. The van der Waals surface area contributed by atoms with Crippen LogP contribution in [0, 0.1) is 16.5 Å². The van der Waals surface area contributed by atoms with Crippen LogP contribution in [-0.4, -0.2) is 33.9 Å². The molecule has 4 rings (SSSR count). The lowest BCUT2D eigenvalue weighted by atomic mass is 9.99. The zero-order chi connectivity index (χ0) is 20.4. The summed E-state index contributed by atoms with van der Waals surface area (Å²) in [6.45, 7) is 5.78. The zero-order valence-electron chi connectivity index (χ0n) is 16.4. The summed E-state index contributed by atoms with van der Waals surface area (Å²) < 4.78 is 14.3. The molecule has 2 aromatic carbocycles. The third-order valence-electron chi connectivity index (χ3n) is 5.53. The molecule has 0 bridgehead atoms. The normalized spacial score (nSPS) is 17.5. The molecule has 1 fully saturated rings. The van der Waals surface area contributed by atoms with Crippen molar-refractivity contribution in [3.8, 4) is 0 Å². The van der Waals surface area contributed by atoms with Crippen LogP contribution in [0.2, 0.25) is 0 Å². The predicted octanol–water partition coefficient (Wildman–Crippen LogP) is 4.53. The number of carbonyl (C=O) groups excluding carboxylic acids is 1. The van der Waals surface area contributed by atoms with Crippen LogP contribution in [0.3, 0.4) is 0 Å². The second-order valence-electron chi connectivity index (χ2n) is 7.89. The highest BCUT2D eigenvalue weighted by Crippen LogP contribution is 2.21. The van der Waals surface area contributed by atoms with Gasteiger partial charge in [0, 0.05) is 19.6 Å². The van der Waals surface area contributed by atoms with Crippen LogP contribution in [0.15, 0.2) is 36.4 Å². The van der Waals surface area contributed by atoms with Gasteiger partial charge in [0.05, 0.1) is 16.6 Å². The molecule has 152 valence electrons. The third kappa shape index (κ3) is 4.57. The van der Waals surface area contributed by atoms with Gasteiger partial charge < -0.3 is 15.3 Å². The van der Waals surface area contributed by atoms with Crippen LogP contribution in [0.1, 0.15) is 41.3 Å². The van der Waals surface area contributed by atoms with Crippen molar-refractivity contribution in [2.75, 3.05) is 13.1 Å². The number of aromatic amines is 2. The van der Waals surface area contributed by atoms with Gasteiger partial charge in [0.15, 0.2) is 4.77 Å². The molecule has 1 atom stereocenters. The molecular formula is C22H25FN4OS. The Kier molecular flexibility index (Phi) is 5.78. The summed E-state index contributed by atoms with van der Waals surface area (Å²) in [5, 5.41) is 2.94. The van der Waals surface area contributed by atoms with E-state index in [1.165, 1.54) is 30.5 Å². The number of imidazole rings is 1. The van der Waals surface area contributed by atoms with Gasteiger partial charge in [-0.3, -0.25) is 9.69 Å². The topological polar surface area (TPSA) is 63.9 Å². The molecule has 1 aromatic heterocycles. The molecule has 3 N–H and O–H groups in total. The van der Waals surface area contributed by atoms with Crippen LogP contribution in [0.25, 0.3) is 11.0 Å². The lowest BCUT2D eigenvalue weighted by Gasteiger charge is -2.31. The lowest BCUT2D eigenvalue weighted by Crippen LogP contribution is -2.34. The second kappa shape index (κ2) is 8.47. The molecule has 1 aliphatic rings. The molecule has 0 aliphatic carbocycles. The molecule has 7 heteroatoms. The number of halogens is 1. The molecule has 5 nitrogen and oxygen atoms in total. The smallest absolute Gasteiger partial charge is 0.253 e. The number of hydrogen-bond donors (Lipinski definition) is 3. The van der Waals surface area contributed by atoms with Gasteiger partial charge in [-0.15, -0.1) is 0 Å². The quantitative estimate of drug-likeness (QED) is 0.540. The van der Waals surface area contributed by atoms with E-state index in [0.717, 1.165) is 31.1 Å². The molecule has 0 radical (unpaired) electrons. The number of H-pyrrole nitrogens is 2. The van der Waals surface area contributed by atoms with E-state index in [1.807, 2.05) is 18.2 Å². The lowest BCUT2D eigenvalue weighted by molar-refractivity contribution is 0.0951. The molecule has 1 aliphatic heterocycles. The first-order valence-electron chi connectivity index (χ1n) is 9.98. The van der Waals surface area contributed by atoms with Crippen molar-refractivity contribution >= 4 is 29.2 Å². The maximum absolute atomic E-state index is 13.9. The fourth-order valence-electron chi connectivity index (χ4n) is 4.11. The number of hydrogen-bond acceptors (Lipinski definition) is 3. The maximum Gasteiger partial charge on any atom is 0.253 e. The Hall–Kier alpha value is -2.51. The number of nitrogens with one attached hydrogen (secondary N) is 3. The van der Waals surface area contributed by atoms with Crippen molar-refractivity contribution < 1.29 is 9.18 Å². The first kappa shape index (κ1) is 19.8. The highest BCUT2D eigenvalue weighted by molar-refractivity contribution is 7.71. The fraction of sp³-hybridized carbons (Fsp3) is 0.364. The largest absolute Gasteiger partial charge is 0.348 e. The van der Waals surface area contributed by atoms with E-state index < -0.39 is 5.82 Å². The zero-order valence-corrected chi connectivity index (χ0v) is 17.2.